The highest BCUT2D eigenvalue weighted by Crippen LogP contribution is 2.19. The van der Waals surface area contributed by atoms with Crippen molar-refractivity contribution in [2.75, 3.05) is 25.0 Å². The summed E-state index contributed by atoms with van der Waals surface area (Å²) in [5.74, 6) is -0.428. The number of benzene rings is 2. The van der Waals surface area contributed by atoms with Crippen molar-refractivity contribution in [1.82, 2.24) is 15.6 Å². The lowest BCUT2D eigenvalue weighted by atomic mass is 10.0. The average Bonchev–Trinajstić information content (AvgIpc) is 3.50. The maximum atomic E-state index is 13.1. The third kappa shape index (κ3) is 5.18. The molecule has 2 heterocycles. The number of thiophene rings is 1. The number of aromatic amines is 1. The van der Waals surface area contributed by atoms with Gasteiger partial charge in [0.2, 0.25) is 5.91 Å². The van der Waals surface area contributed by atoms with Crippen LogP contribution in [0.2, 0.25) is 0 Å². The van der Waals surface area contributed by atoms with Gasteiger partial charge in [0.1, 0.15) is 6.04 Å². The number of fused-ring (bicyclic) bond motifs is 1. The molecule has 3 N–H and O–H groups in total. The average molecular weight is 447 g/mol. The van der Waals surface area contributed by atoms with Crippen LogP contribution in [-0.4, -0.2) is 43.0 Å². The molecule has 0 aliphatic rings. The van der Waals surface area contributed by atoms with Crippen molar-refractivity contribution in [3.05, 3.63) is 88.7 Å². The van der Waals surface area contributed by atoms with E-state index in [2.05, 4.69) is 20.5 Å². The Labute approximate surface area is 191 Å². The third-order valence-corrected chi connectivity index (χ3v) is 6.28. The predicted molar refractivity (Wildman–Crippen MR) is 130 cm³/mol. The van der Waals surface area contributed by atoms with E-state index in [0.29, 0.717) is 24.4 Å². The van der Waals surface area contributed by atoms with Crippen LogP contribution in [0.3, 0.4) is 0 Å². The van der Waals surface area contributed by atoms with Crippen LogP contribution in [-0.2, 0) is 11.2 Å². The molecule has 4 aromatic rings. The van der Waals surface area contributed by atoms with Crippen LogP contribution < -0.4 is 15.5 Å². The van der Waals surface area contributed by atoms with Crippen molar-refractivity contribution in [2.24, 2.45) is 0 Å². The van der Waals surface area contributed by atoms with Crippen molar-refractivity contribution in [1.29, 1.82) is 0 Å². The van der Waals surface area contributed by atoms with Gasteiger partial charge in [-0.2, -0.15) is 0 Å². The van der Waals surface area contributed by atoms with Crippen LogP contribution >= 0.6 is 11.3 Å². The molecule has 32 heavy (non-hydrogen) atoms. The fraction of sp³-hybridized carbons (Fsp3) is 0.200. The van der Waals surface area contributed by atoms with E-state index in [4.69, 9.17) is 0 Å². The fourth-order valence-corrected chi connectivity index (χ4v) is 4.28. The molecule has 0 saturated heterocycles. The Kier molecular flexibility index (Phi) is 6.87. The van der Waals surface area contributed by atoms with Gasteiger partial charge in [0.15, 0.2) is 0 Å². The SMILES string of the molecule is CN(CCNC(=O)[C@H](Cc1c[nH]c2ccccc12)NC(=O)c1cccs1)c1ccccc1. The van der Waals surface area contributed by atoms with Gasteiger partial charge < -0.3 is 20.5 Å². The number of likely N-dealkylation sites (N-methyl/N-ethyl adjacent to an activating group) is 1. The molecule has 7 heteroatoms. The highest BCUT2D eigenvalue weighted by Gasteiger charge is 2.23. The quantitative estimate of drug-likeness (QED) is 0.366. The summed E-state index contributed by atoms with van der Waals surface area (Å²) in [5, 5.41) is 8.82. The van der Waals surface area contributed by atoms with Crippen molar-refractivity contribution < 1.29 is 9.59 Å². The zero-order valence-corrected chi connectivity index (χ0v) is 18.7. The van der Waals surface area contributed by atoms with E-state index in [1.807, 2.05) is 79.3 Å². The second-order valence-corrected chi connectivity index (χ2v) is 8.56. The first kappa shape index (κ1) is 21.6. The minimum atomic E-state index is -0.675. The number of rotatable bonds is 9. The maximum Gasteiger partial charge on any atom is 0.262 e. The zero-order valence-electron chi connectivity index (χ0n) is 17.9. The van der Waals surface area contributed by atoms with Gasteiger partial charge in [-0.15, -0.1) is 11.3 Å². The summed E-state index contributed by atoms with van der Waals surface area (Å²) in [6.45, 7) is 1.14. The highest BCUT2D eigenvalue weighted by atomic mass is 32.1. The molecule has 0 aliphatic heterocycles. The van der Waals surface area contributed by atoms with Crippen molar-refractivity contribution in [3.8, 4) is 0 Å². The van der Waals surface area contributed by atoms with Crippen LogP contribution in [0, 0.1) is 0 Å². The molecule has 2 aromatic carbocycles. The van der Waals surface area contributed by atoms with E-state index in [1.165, 1.54) is 11.3 Å². The molecule has 1 atom stereocenters. The summed E-state index contributed by atoms with van der Waals surface area (Å²) in [7, 11) is 1.99. The van der Waals surface area contributed by atoms with Crippen LogP contribution in [0.25, 0.3) is 10.9 Å². The Morgan fingerprint density at radius 1 is 1.03 bits per heavy atom. The van der Waals surface area contributed by atoms with Gasteiger partial charge >= 0.3 is 0 Å². The molecule has 2 aromatic heterocycles. The van der Waals surface area contributed by atoms with Gasteiger partial charge in [-0.1, -0.05) is 42.5 Å². The first-order valence-corrected chi connectivity index (χ1v) is 11.4. The summed E-state index contributed by atoms with van der Waals surface area (Å²) in [6, 6.07) is 20.9. The largest absolute Gasteiger partial charge is 0.373 e. The molecular weight excluding hydrogens is 420 g/mol. The van der Waals surface area contributed by atoms with Crippen molar-refractivity contribution in [2.45, 2.75) is 12.5 Å². The Hall–Kier alpha value is -3.58. The molecule has 0 unspecified atom stereocenters. The number of anilines is 1. The van der Waals surface area contributed by atoms with E-state index < -0.39 is 6.04 Å². The number of nitrogens with one attached hydrogen (secondary N) is 3. The van der Waals surface area contributed by atoms with Gasteiger partial charge in [-0.3, -0.25) is 9.59 Å². The second-order valence-electron chi connectivity index (χ2n) is 7.62. The lowest BCUT2D eigenvalue weighted by molar-refractivity contribution is -0.122. The lowest BCUT2D eigenvalue weighted by Crippen LogP contribution is -2.49. The van der Waals surface area contributed by atoms with Gasteiger partial charge in [-0.05, 0) is 35.2 Å². The first-order valence-electron chi connectivity index (χ1n) is 10.5. The van der Waals surface area contributed by atoms with Gasteiger partial charge in [-0.25, -0.2) is 0 Å². The molecule has 164 valence electrons. The molecule has 0 spiro atoms. The number of hydrogen-bond acceptors (Lipinski definition) is 4. The summed E-state index contributed by atoms with van der Waals surface area (Å²) < 4.78 is 0. The van der Waals surface area contributed by atoms with E-state index >= 15 is 0 Å². The first-order chi connectivity index (χ1) is 15.6. The molecule has 0 saturated carbocycles. The fourth-order valence-electron chi connectivity index (χ4n) is 3.65. The van der Waals surface area contributed by atoms with E-state index in [0.717, 1.165) is 22.2 Å². The van der Waals surface area contributed by atoms with E-state index in [9.17, 15) is 9.59 Å². The Bertz CT molecular complexity index is 1170. The number of H-pyrrole nitrogens is 1. The molecule has 6 nitrogen and oxygen atoms in total. The molecule has 0 radical (unpaired) electrons. The van der Waals surface area contributed by atoms with E-state index in [1.54, 1.807) is 6.07 Å². The number of aromatic nitrogens is 1. The standard InChI is InChI=1S/C25H26N4O2S/c1-29(19-8-3-2-4-9-19)14-13-26-24(30)22(28-25(31)23-12-7-15-32-23)16-18-17-27-21-11-6-5-10-20(18)21/h2-12,15,17,22,27H,13-14,16H2,1H3,(H,26,30)(H,28,31)/t22-/m0/s1. The Morgan fingerprint density at radius 3 is 2.59 bits per heavy atom. The third-order valence-electron chi connectivity index (χ3n) is 5.41. The summed E-state index contributed by atoms with van der Waals surface area (Å²) in [6.07, 6.45) is 2.31. The van der Waals surface area contributed by atoms with Crippen molar-refractivity contribution >= 4 is 39.7 Å². The van der Waals surface area contributed by atoms with Crippen LogP contribution in [0.1, 0.15) is 15.2 Å². The minimum Gasteiger partial charge on any atom is -0.373 e. The molecule has 0 fully saturated rings. The smallest absolute Gasteiger partial charge is 0.262 e. The Balaban J connectivity index is 1.44. The topological polar surface area (TPSA) is 77.2 Å². The minimum absolute atomic E-state index is 0.193. The molecule has 4 rings (SSSR count). The van der Waals surface area contributed by atoms with Gasteiger partial charge in [0.05, 0.1) is 4.88 Å². The second kappa shape index (κ2) is 10.2. The Morgan fingerprint density at radius 2 is 1.81 bits per heavy atom. The molecular formula is C25H26N4O2S. The highest BCUT2D eigenvalue weighted by molar-refractivity contribution is 7.12. The summed E-state index contributed by atoms with van der Waals surface area (Å²) in [5.41, 5.74) is 3.09. The number of carbonyl (C=O) groups excluding carboxylic acids is 2. The monoisotopic (exact) mass is 446 g/mol. The number of amides is 2. The summed E-state index contributed by atoms with van der Waals surface area (Å²) in [4.78, 5) is 31.7. The molecule has 0 bridgehead atoms. The van der Waals surface area contributed by atoms with E-state index in [-0.39, 0.29) is 11.8 Å². The molecule has 2 amide bonds. The normalized spacial score (nSPS) is 11.8. The predicted octanol–water partition coefficient (Wildman–Crippen LogP) is 3.82. The summed E-state index contributed by atoms with van der Waals surface area (Å²) >= 11 is 1.36. The maximum absolute atomic E-state index is 13.1. The van der Waals surface area contributed by atoms with Crippen LogP contribution in [0.4, 0.5) is 5.69 Å². The molecule has 0 aliphatic carbocycles. The van der Waals surface area contributed by atoms with Crippen molar-refractivity contribution in [3.63, 3.8) is 0 Å². The van der Waals surface area contributed by atoms with Gasteiger partial charge in [0.25, 0.3) is 5.91 Å². The van der Waals surface area contributed by atoms with Crippen LogP contribution in [0.15, 0.2) is 78.3 Å². The number of hydrogen-bond donors (Lipinski definition) is 3. The van der Waals surface area contributed by atoms with Crippen LogP contribution in [0.5, 0.6) is 0 Å². The lowest BCUT2D eigenvalue weighted by Gasteiger charge is -2.21. The number of carbonyl (C=O) groups is 2. The number of nitrogens with zero attached hydrogens (tertiary/aromatic N) is 1. The van der Waals surface area contributed by atoms with Gasteiger partial charge in [0, 0.05) is 49.3 Å². The number of para-hydroxylation sites is 2. The zero-order chi connectivity index (χ0) is 22.3.